The van der Waals surface area contributed by atoms with Gasteiger partial charge in [-0.05, 0) is 60.7 Å². The Balaban J connectivity index is 1.25. The number of hydrogen-bond acceptors (Lipinski definition) is 5. The topological polar surface area (TPSA) is 87.4 Å². The van der Waals surface area contributed by atoms with Crippen molar-refractivity contribution >= 4 is 33.8 Å². The van der Waals surface area contributed by atoms with Crippen molar-refractivity contribution in [1.82, 2.24) is 19.4 Å². The quantitative estimate of drug-likeness (QED) is 0.249. The Morgan fingerprint density at radius 2 is 1.81 bits per heavy atom. The average Bonchev–Trinajstić information content (AvgIpc) is 3.47. The van der Waals surface area contributed by atoms with Crippen molar-refractivity contribution in [2.24, 2.45) is 0 Å². The molecule has 1 amide bonds. The lowest BCUT2D eigenvalue weighted by atomic mass is 9.81. The number of hydrogen-bond donors (Lipinski definition) is 1. The molecule has 8 heteroatoms. The van der Waals surface area contributed by atoms with Crippen LogP contribution in [-0.2, 0) is 29.2 Å². The van der Waals surface area contributed by atoms with Gasteiger partial charge < -0.3 is 23.9 Å². The lowest BCUT2D eigenvalue weighted by molar-refractivity contribution is -0.141. The number of benzene rings is 3. The van der Waals surface area contributed by atoms with E-state index in [2.05, 4.69) is 39.1 Å². The van der Waals surface area contributed by atoms with Gasteiger partial charge in [0.2, 0.25) is 0 Å². The number of esters is 1. The number of para-hydroxylation sites is 3. The molecule has 0 spiro atoms. The van der Waals surface area contributed by atoms with E-state index in [-0.39, 0.29) is 25.0 Å². The second-order valence-corrected chi connectivity index (χ2v) is 11.2. The number of carbonyl (C=O) groups excluding carboxylic acids is 2. The van der Waals surface area contributed by atoms with Gasteiger partial charge in [-0.25, -0.2) is 4.98 Å². The predicted octanol–water partition coefficient (Wildman–Crippen LogP) is 6.20. The summed E-state index contributed by atoms with van der Waals surface area (Å²) in [5.74, 6) is 1.45. The van der Waals surface area contributed by atoms with E-state index in [1.807, 2.05) is 42.5 Å². The van der Waals surface area contributed by atoms with Crippen molar-refractivity contribution in [1.29, 1.82) is 0 Å². The number of amides is 1. The monoisotopic (exact) mass is 562 g/mol. The van der Waals surface area contributed by atoms with Gasteiger partial charge in [0, 0.05) is 22.0 Å². The summed E-state index contributed by atoms with van der Waals surface area (Å²) in [6.07, 6.45) is 6.15. The van der Waals surface area contributed by atoms with Gasteiger partial charge in [0.25, 0.3) is 5.91 Å². The molecule has 42 heavy (non-hydrogen) atoms. The SMILES string of the molecule is COC(=O)Cn1c(CNC(=O)c2ccc3c(C4CCCCC4)c4n(c3c2)CCOc2ccccc2-4)nc2ccccc21. The molecule has 1 N–H and O–H groups in total. The molecule has 5 aromatic rings. The molecule has 0 radical (unpaired) electrons. The number of carbonyl (C=O) groups is 2. The summed E-state index contributed by atoms with van der Waals surface area (Å²) in [7, 11) is 1.37. The van der Waals surface area contributed by atoms with Gasteiger partial charge in [-0.15, -0.1) is 0 Å². The molecule has 7 rings (SSSR count). The van der Waals surface area contributed by atoms with Crippen molar-refractivity contribution in [2.45, 2.75) is 57.7 Å². The van der Waals surface area contributed by atoms with Crippen LogP contribution in [0.4, 0.5) is 0 Å². The third-order valence-corrected chi connectivity index (χ3v) is 8.75. The zero-order valence-electron chi connectivity index (χ0n) is 23.8. The first-order chi connectivity index (χ1) is 20.6. The predicted molar refractivity (Wildman–Crippen MR) is 162 cm³/mol. The van der Waals surface area contributed by atoms with Crippen LogP contribution < -0.4 is 10.1 Å². The van der Waals surface area contributed by atoms with Gasteiger partial charge in [-0.3, -0.25) is 9.59 Å². The van der Waals surface area contributed by atoms with Gasteiger partial charge in [0.1, 0.15) is 24.7 Å². The minimum Gasteiger partial charge on any atom is -0.491 e. The van der Waals surface area contributed by atoms with Gasteiger partial charge in [0.05, 0.1) is 36.9 Å². The van der Waals surface area contributed by atoms with Gasteiger partial charge in [0.15, 0.2) is 0 Å². The zero-order chi connectivity index (χ0) is 28.6. The highest BCUT2D eigenvalue weighted by atomic mass is 16.5. The van der Waals surface area contributed by atoms with E-state index < -0.39 is 0 Å². The second-order valence-electron chi connectivity index (χ2n) is 11.2. The first-order valence-corrected chi connectivity index (χ1v) is 14.8. The Hall–Kier alpha value is -4.59. The van der Waals surface area contributed by atoms with Crippen LogP contribution in [0.15, 0.2) is 66.7 Å². The standard InChI is InChI=1S/C34H34N4O4/c1-41-31(39)21-38-27-13-7-6-12-26(27)36-30(38)20-35-34(40)23-15-16-24-28(19-23)37-17-18-42-29-14-8-5-11-25(29)33(37)32(24)22-9-3-2-4-10-22/h5-8,11-16,19,22H,2-4,9-10,17-18,20-21H2,1H3,(H,35,40). The van der Waals surface area contributed by atoms with Gasteiger partial charge >= 0.3 is 5.97 Å². The first kappa shape index (κ1) is 26.3. The molecule has 0 bridgehead atoms. The Morgan fingerprint density at radius 3 is 2.67 bits per heavy atom. The highest BCUT2D eigenvalue weighted by Crippen LogP contribution is 2.47. The molecule has 0 atom stereocenters. The minimum absolute atomic E-state index is 0.0258. The lowest BCUT2D eigenvalue weighted by Gasteiger charge is -2.23. The van der Waals surface area contributed by atoms with Crippen molar-refractivity contribution in [3.63, 3.8) is 0 Å². The van der Waals surface area contributed by atoms with Crippen LogP contribution >= 0.6 is 0 Å². The second kappa shape index (κ2) is 11.0. The number of nitrogens with zero attached hydrogens (tertiary/aromatic N) is 3. The molecule has 214 valence electrons. The molecule has 2 aliphatic rings. The van der Waals surface area contributed by atoms with Crippen LogP contribution in [0.5, 0.6) is 5.75 Å². The fraction of sp³-hybridized carbons (Fsp3) is 0.324. The molecule has 3 aromatic carbocycles. The minimum atomic E-state index is -0.371. The number of aromatic nitrogens is 3. The molecule has 0 unspecified atom stereocenters. The van der Waals surface area contributed by atoms with Crippen molar-refractivity contribution in [3.8, 4) is 17.0 Å². The number of rotatable bonds is 6. The van der Waals surface area contributed by atoms with E-state index in [0.29, 0.717) is 23.9 Å². The summed E-state index contributed by atoms with van der Waals surface area (Å²) in [5.41, 5.74) is 7.00. The van der Waals surface area contributed by atoms with E-state index in [0.717, 1.165) is 34.4 Å². The molecule has 1 aliphatic carbocycles. The number of ether oxygens (including phenoxy) is 2. The normalized spacial score (nSPS) is 15.1. The Morgan fingerprint density at radius 1 is 1.00 bits per heavy atom. The molecule has 8 nitrogen and oxygen atoms in total. The molecule has 3 heterocycles. The summed E-state index contributed by atoms with van der Waals surface area (Å²) in [4.78, 5) is 30.3. The fourth-order valence-corrected chi connectivity index (χ4v) is 6.77. The van der Waals surface area contributed by atoms with Crippen LogP contribution in [-0.4, -0.2) is 39.7 Å². The molecule has 2 aromatic heterocycles. The first-order valence-electron chi connectivity index (χ1n) is 14.8. The number of methoxy groups -OCH3 is 1. The van der Waals surface area contributed by atoms with Crippen molar-refractivity contribution < 1.29 is 19.1 Å². The summed E-state index contributed by atoms with van der Waals surface area (Å²) in [5, 5.41) is 4.27. The van der Waals surface area contributed by atoms with E-state index in [1.54, 1.807) is 4.57 Å². The summed E-state index contributed by atoms with van der Waals surface area (Å²) in [6.45, 7) is 1.50. The highest BCUT2D eigenvalue weighted by Gasteiger charge is 2.29. The summed E-state index contributed by atoms with van der Waals surface area (Å²) < 4.78 is 15.2. The van der Waals surface area contributed by atoms with E-state index in [9.17, 15) is 9.59 Å². The number of nitrogens with one attached hydrogen (secondary N) is 1. The molecule has 0 saturated heterocycles. The zero-order valence-corrected chi connectivity index (χ0v) is 23.8. The van der Waals surface area contributed by atoms with Crippen LogP contribution in [0.25, 0.3) is 33.2 Å². The molecule has 1 saturated carbocycles. The van der Waals surface area contributed by atoms with Crippen LogP contribution in [0.1, 0.15) is 59.8 Å². The maximum absolute atomic E-state index is 13.5. The van der Waals surface area contributed by atoms with E-state index >= 15 is 0 Å². The fourth-order valence-electron chi connectivity index (χ4n) is 6.77. The van der Waals surface area contributed by atoms with Gasteiger partial charge in [-0.2, -0.15) is 0 Å². The molecule has 1 aliphatic heterocycles. The third kappa shape index (κ3) is 4.61. The van der Waals surface area contributed by atoms with Crippen LogP contribution in [0.2, 0.25) is 0 Å². The molecular formula is C34H34N4O4. The maximum atomic E-state index is 13.5. The molecule has 1 fully saturated rings. The lowest BCUT2D eigenvalue weighted by Crippen LogP contribution is -2.25. The third-order valence-electron chi connectivity index (χ3n) is 8.75. The van der Waals surface area contributed by atoms with Crippen LogP contribution in [0, 0.1) is 0 Å². The Labute approximate surface area is 244 Å². The van der Waals surface area contributed by atoms with E-state index in [1.165, 1.54) is 55.9 Å². The number of fused-ring (bicyclic) bond motifs is 6. The Kier molecular flexibility index (Phi) is 6.90. The maximum Gasteiger partial charge on any atom is 0.325 e. The van der Waals surface area contributed by atoms with Gasteiger partial charge in [-0.1, -0.05) is 49.6 Å². The summed E-state index contributed by atoms with van der Waals surface area (Å²) >= 11 is 0. The number of imidazole rings is 1. The molecular weight excluding hydrogens is 528 g/mol. The van der Waals surface area contributed by atoms with E-state index in [4.69, 9.17) is 9.47 Å². The largest absolute Gasteiger partial charge is 0.491 e. The average molecular weight is 563 g/mol. The van der Waals surface area contributed by atoms with Crippen LogP contribution in [0.3, 0.4) is 0 Å². The smallest absolute Gasteiger partial charge is 0.325 e. The van der Waals surface area contributed by atoms with Crippen molar-refractivity contribution in [3.05, 3.63) is 83.7 Å². The highest BCUT2D eigenvalue weighted by molar-refractivity contribution is 6.01. The summed E-state index contributed by atoms with van der Waals surface area (Å²) in [6, 6.07) is 22.0. The Bertz CT molecular complexity index is 1810. The van der Waals surface area contributed by atoms with Crippen molar-refractivity contribution in [2.75, 3.05) is 13.7 Å².